The molecule has 5 nitrogen and oxygen atoms in total. The SMILES string of the molecule is C=C[C@@H]([C@H]1CN(S(=O)(=O)c2ccc(C)cc2)C[C@H]1O)[C@@H](O)CCCCC. The number of benzene rings is 1. The first-order chi connectivity index (χ1) is 12.3. The highest BCUT2D eigenvalue weighted by atomic mass is 32.2. The van der Waals surface area contributed by atoms with Crippen molar-refractivity contribution in [1.82, 2.24) is 4.31 Å². The van der Waals surface area contributed by atoms with Gasteiger partial charge in [0.15, 0.2) is 0 Å². The molecule has 0 aromatic heterocycles. The zero-order chi connectivity index (χ0) is 19.3. The third-order valence-corrected chi connectivity index (χ3v) is 7.12. The van der Waals surface area contributed by atoms with Gasteiger partial charge in [0.2, 0.25) is 10.0 Å². The first kappa shape index (κ1) is 21.1. The van der Waals surface area contributed by atoms with Crippen molar-refractivity contribution in [3.05, 3.63) is 42.5 Å². The van der Waals surface area contributed by atoms with Gasteiger partial charge in [-0.15, -0.1) is 6.58 Å². The molecule has 0 spiro atoms. The molecule has 146 valence electrons. The van der Waals surface area contributed by atoms with E-state index in [-0.39, 0.29) is 29.8 Å². The lowest BCUT2D eigenvalue weighted by atomic mass is 9.83. The normalized spacial score (nSPS) is 23.7. The molecule has 0 unspecified atom stereocenters. The number of β-amino-alcohol motifs (C(OH)–C–C–N with tert-alkyl or cyclic N) is 1. The average molecular weight is 382 g/mol. The number of hydrogen-bond acceptors (Lipinski definition) is 4. The molecule has 0 radical (unpaired) electrons. The predicted octanol–water partition coefficient (Wildman–Crippen LogP) is 2.72. The van der Waals surface area contributed by atoms with E-state index in [4.69, 9.17) is 0 Å². The van der Waals surface area contributed by atoms with Crippen molar-refractivity contribution in [3.8, 4) is 0 Å². The Morgan fingerprint density at radius 2 is 1.92 bits per heavy atom. The van der Waals surface area contributed by atoms with Crippen LogP contribution in [0.3, 0.4) is 0 Å². The lowest BCUT2D eigenvalue weighted by Crippen LogP contribution is -2.34. The maximum absolute atomic E-state index is 12.9. The third-order valence-electron chi connectivity index (χ3n) is 5.27. The molecule has 0 bridgehead atoms. The van der Waals surface area contributed by atoms with Crippen LogP contribution >= 0.6 is 0 Å². The molecule has 1 fully saturated rings. The molecule has 1 saturated heterocycles. The van der Waals surface area contributed by atoms with Crippen molar-refractivity contribution < 1.29 is 18.6 Å². The number of aliphatic hydroxyl groups excluding tert-OH is 2. The Bertz CT molecular complexity index is 686. The summed E-state index contributed by atoms with van der Waals surface area (Å²) >= 11 is 0. The molecule has 1 aromatic rings. The largest absolute Gasteiger partial charge is 0.393 e. The van der Waals surface area contributed by atoms with Crippen LogP contribution in [0.25, 0.3) is 0 Å². The van der Waals surface area contributed by atoms with E-state index in [0.29, 0.717) is 6.42 Å². The van der Waals surface area contributed by atoms with Crippen molar-refractivity contribution >= 4 is 10.0 Å². The maximum atomic E-state index is 12.9. The van der Waals surface area contributed by atoms with Crippen LogP contribution in [0.5, 0.6) is 0 Å². The van der Waals surface area contributed by atoms with E-state index < -0.39 is 22.2 Å². The molecule has 1 aliphatic heterocycles. The molecule has 0 saturated carbocycles. The summed E-state index contributed by atoms with van der Waals surface area (Å²) in [6.45, 7) is 8.05. The summed E-state index contributed by atoms with van der Waals surface area (Å²) in [7, 11) is -3.65. The molecule has 0 aliphatic carbocycles. The lowest BCUT2D eigenvalue weighted by Gasteiger charge is -2.27. The van der Waals surface area contributed by atoms with Gasteiger partial charge in [-0.1, -0.05) is 50.0 Å². The molecule has 0 amide bonds. The Hall–Kier alpha value is -1.21. The quantitative estimate of drug-likeness (QED) is 0.509. The van der Waals surface area contributed by atoms with E-state index in [1.807, 2.05) is 6.92 Å². The summed E-state index contributed by atoms with van der Waals surface area (Å²) in [6, 6.07) is 6.71. The second-order valence-corrected chi connectivity index (χ2v) is 9.18. The Balaban J connectivity index is 2.12. The predicted molar refractivity (Wildman–Crippen MR) is 103 cm³/mol. The molecular formula is C20H31NO4S. The summed E-state index contributed by atoms with van der Waals surface area (Å²) in [6.07, 6.45) is 3.91. The second-order valence-electron chi connectivity index (χ2n) is 7.24. The standard InChI is InChI=1S/C20H31NO4S/c1-4-6-7-8-19(22)17(5-2)18-13-21(14-20(18)23)26(24,25)16-11-9-15(3)10-12-16/h5,9-12,17-20,22-23H,2,4,6-8,13-14H2,1,3H3/t17-,18+,19-,20+/m0/s1. The fourth-order valence-electron chi connectivity index (χ4n) is 3.62. The highest BCUT2D eigenvalue weighted by molar-refractivity contribution is 7.89. The van der Waals surface area contributed by atoms with Gasteiger partial charge < -0.3 is 10.2 Å². The van der Waals surface area contributed by atoms with Crippen molar-refractivity contribution in [2.24, 2.45) is 11.8 Å². The topological polar surface area (TPSA) is 77.8 Å². The molecular weight excluding hydrogens is 350 g/mol. The van der Waals surface area contributed by atoms with Gasteiger partial charge in [-0.3, -0.25) is 0 Å². The summed E-state index contributed by atoms with van der Waals surface area (Å²) in [5.41, 5.74) is 0.991. The van der Waals surface area contributed by atoms with Gasteiger partial charge in [-0.25, -0.2) is 8.42 Å². The minimum absolute atomic E-state index is 0.0485. The first-order valence-electron chi connectivity index (χ1n) is 9.36. The number of aliphatic hydroxyl groups is 2. The second kappa shape index (κ2) is 9.13. The summed E-state index contributed by atoms with van der Waals surface area (Å²) in [5, 5.41) is 21.0. The van der Waals surface area contributed by atoms with Gasteiger partial charge in [0.05, 0.1) is 17.1 Å². The molecule has 1 aromatic carbocycles. The summed E-state index contributed by atoms with van der Waals surface area (Å²) in [5.74, 6) is -0.663. The molecule has 1 aliphatic rings. The van der Waals surface area contributed by atoms with Crippen LogP contribution in [0.2, 0.25) is 0 Å². The highest BCUT2D eigenvalue weighted by Crippen LogP contribution is 2.33. The highest BCUT2D eigenvalue weighted by Gasteiger charge is 2.42. The van der Waals surface area contributed by atoms with Crippen LogP contribution in [0.1, 0.15) is 38.2 Å². The van der Waals surface area contributed by atoms with Gasteiger partial charge >= 0.3 is 0 Å². The monoisotopic (exact) mass is 381 g/mol. The smallest absolute Gasteiger partial charge is 0.243 e. The minimum Gasteiger partial charge on any atom is -0.393 e. The minimum atomic E-state index is -3.65. The number of nitrogens with zero attached hydrogens (tertiary/aromatic N) is 1. The number of aryl methyl sites for hydroxylation is 1. The van der Waals surface area contributed by atoms with Crippen molar-refractivity contribution in [1.29, 1.82) is 0 Å². The van der Waals surface area contributed by atoms with Gasteiger partial charge in [-0.05, 0) is 25.5 Å². The van der Waals surface area contributed by atoms with E-state index in [2.05, 4.69) is 13.5 Å². The Kier molecular flexibility index (Phi) is 7.41. The van der Waals surface area contributed by atoms with Gasteiger partial charge in [0, 0.05) is 24.9 Å². The van der Waals surface area contributed by atoms with E-state index in [1.165, 1.54) is 4.31 Å². The molecule has 4 atom stereocenters. The molecule has 1 heterocycles. The Morgan fingerprint density at radius 1 is 1.27 bits per heavy atom. The number of rotatable bonds is 9. The number of unbranched alkanes of at least 4 members (excludes halogenated alkanes) is 2. The van der Waals surface area contributed by atoms with Crippen LogP contribution in [0.15, 0.2) is 41.8 Å². The van der Waals surface area contributed by atoms with Crippen molar-refractivity contribution in [2.45, 2.75) is 56.6 Å². The van der Waals surface area contributed by atoms with Gasteiger partial charge in [0.25, 0.3) is 0 Å². The third kappa shape index (κ3) is 4.74. The van der Waals surface area contributed by atoms with E-state index in [9.17, 15) is 18.6 Å². The molecule has 2 rings (SSSR count). The Labute approximate surface area is 157 Å². The summed E-state index contributed by atoms with van der Waals surface area (Å²) in [4.78, 5) is 0.231. The van der Waals surface area contributed by atoms with Gasteiger partial charge in [-0.2, -0.15) is 4.31 Å². The fraction of sp³-hybridized carbons (Fsp3) is 0.600. The van der Waals surface area contributed by atoms with Crippen LogP contribution in [-0.2, 0) is 10.0 Å². The van der Waals surface area contributed by atoms with Crippen molar-refractivity contribution in [2.75, 3.05) is 13.1 Å². The summed E-state index contributed by atoms with van der Waals surface area (Å²) < 4.78 is 27.0. The van der Waals surface area contributed by atoms with Crippen LogP contribution in [0.4, 0.5) is 0 Å². The first-order valence-corrected chi connectivity index (χ1v) is 10.8. The molecule has 26 heavy (non-hydrogen) atoms. The molecule has 6 heteroatoms. The average Bonchev–Trinajstić information content (AvgIpc) is 2.99. The number of sulfonamides is 1. The zero-order valence-electron chi connectivity index (χ0n) is 15.7. The van der Waals surface area contributed by atoms with Gasteiger partial charge in [0.1, 0.15) is 0 Å². The lowest BCUT2D eigenvalue weighted by molar-refractivity contribution is 0.0469. The van der Waals surface area contributed by atoms with Crippen LogP contribution in [0, 0.1) is 18.8 Å². The van der Waals surface area contributed by atoms with E-state index in [1.54, 1.807) is 30.3 Å². The van der Waals surface area contributed by atoms with Crippen LogP contribution in [-0.4, -0.2) is 48.2 Å². The van der Waals surface area contributed by atoms with Crippen molar-refractivity contribution in [3.63, 3.8) is 0 Å². The van der Waals surface area contributed by atoms with E-state index >= 15 is 0 Å². The number of hydrogen-bond donors (Lipinski definition) is 2. The van der Waals surface area contributed by atoms with E-state index in [0.717, 1.165) is 24.8 Å². The van der Waals surface area contributed by atoms with Crippen LogP contribution < -0.4 is 0 Å². The fourth-order valence-corrected chi connectivity index (χ4v) is 5.12. The molecule has 2 N–H and O–H groups in total. The Morgan fingerprint density at radius 3 is 2.50 bits per heavy atom. The zero-order valence-corrected chi connectivity index (χ0v) is 16.5. The maximum Gasteiger partial charge on any atom is 0.243 e.